The van der Waals surface area contributed by atoms with Crippen molar-refractivity contribution in [2.75, 3.05) is 54.4 Å². The number of rotatable bonds is 5. The number of nitro benzene ring substituents is 1. The van der Waals surface area contributed by atoms with Crippen LogP contribution >= 0.6 is 23.8 Å². The highest BCUT2D eigenvalue weighted by atomic mass is 35.5. The number of halogens is 4. The maximum absolute atomic E-state index is 12.8. The Morgan fingerprint density at radius 1 is 1.00 bits per heavy atom. The van der Waals surface area contributed by atoms with Crippen LogP contribution in [-0.4, -0.2) is 72.2 Å². The topological polar surface area (TPSA) is 111 Å². The average molecular weight is 613 g/mol. The number of nitro groups is 1. The van der Waals surface area contributed by atoms with E-state index in [1.165, 1.54) is 12.1 Å². The molecule has 0 unspecified atom stereocenters. The van der Waals surface area contributed by atoms with Gasteiger partial charge in [-0.05, 0) is 61.3 Å². The lowest BCUT2D eigenvalue weighted by Crippen LogP contribution is -2.52. The van der Waals surface area contributed by atoms with E-state index in [0.29, 0.717) is 36.1 Å². The normalized spacial score (nSPS) is 16.4. The molecule has 0 radical (unpaired) electrons. The zero-order chi connectivity index (χ0) is 29.9. The first-order valence-electron chi connectivity index (χ1n) is 12.9. The van der Waals surface area contributed by atoms with E-state index in [0.717, 1.165) is 17.7 Å². The van der Waals surface area contributed by atoms with Crippen molar-refractivity contribution in [2.24, 2.45) is 5.92 Å². The summed E-state index contributed by atoms with van der Waals surface area (Å²) in [4.78, 5) is 40.0. The van der Waals surface area contributed by atoms with Gasteiger partial charge < -0.3 is 20.0 Å². The number of carbonyl (C=O) groups is 2. The molecule has 0 bridgehead atoms. The zero-order valence-electron chi connectivity index (χ0n) is 22.0. The first kappa shape index (κ1) is 30.3. The first-order chi connectivity index (χ1) is 19.3. The quantitative estimate of drug-likeness (QED) is 0.281. The van der Waals surface area contributed by atoms with Crippen LogP contribution in [-0.2, 0) is 4.79 Å². The summed E-state index contributed by atoms with van der Waals surface area (Å²) in [5, 5.41) is 17.3. The van der Waals surface area contributed by atoms with Gasteiger partial charge >= 0.3 is 12.1 Å². The van der Waals surface area contributed by atoms with Gasteiger partial charge in [-0.1, -0.05) is 18.5 Å². The third-order valence-electron chi connectivity index (χ3n) is 7.14. The fraction of sp³-hybridized carbons (Fsp3) is 0.423. The van der Waals surface area contributed by atoms with Crippen LogP contribution in [0.25, 0.3) is 0 Å². The number of alkyl halides is 3. The number of anilines is 3. The molecule has 2 amide bonds. The number of carbonyl (C=O) groups excluding carboxylic acids is 2. The maximum Gasteiger partial charge on any atom is 0.471 e. The predicted molar refractivity (Wildman–Crippen MR) is 154 cm³/mol. The maximum atomic E-state index is 12.8. The van der Waals surface area contributed by atoms with E-state index < -0.39 is 22.9 Å². The average Bonchev–Trinajstić information content (AvgIpc) is 2.92. The van der Waals surface area contributed by atoms with Crippen molar-refractivity contribution in [3.63, 3.8) is 0 Å². The lowest BCUT2D eigenvalue weighted by molar-refractivity contribution is -0.384. The smallest absolute Gasteiger partial charge is 0.367 e. The van der Waals surface area contributed by atoms with E-state index >= 15 is 0 Å². The van der Waals surface area contributed by atoms with Crippen molar-refractivity contribution in [3.8, 4) is 0 Å². The monoisotopic (exact) mass is 612 g/mol. The van der Waals surface area contributed by atoms with Crippen LogP contribution in [0.15, 0.2) is 36.4 Å². The van der Waals surface area contributed by atoms with Crippen molar-refractivity contribution in [3.05, 3.63) is 57.1 Å². The van der Waals surface area contributed by atoms with E-state index in [1.54, 1.807) is 29.2 Å². The predicted octanol–water partition coefficient (Wildman–Crippen LogP) is 4.82. The fourth-order valence-corrected chi connectivity index (χ4v) is 5.35. The first-order valence-corrected chi connectivity index (χ1v) is 13.7. The largest absolute Gasteiger partial charge is 0.471 e. The van der Waals surface area contributed by atoms with E-state index in [2.05, 4.69) is 17.6 Å². The molecule has 4 rings (SSSR count). The van der Waals surface area contributed by atoms with E-state index in [4.69, 9.17) is 23.8 Å². The standard InChI is InChI=1S/C26H28ClF3N6O4S/c1-16-6-8-33(9-7-16)21-4-2-17(14-22(21)36(39)40)23(37)32-25(41)31-18-3-5-20(19(27)15-18)34-10-12-35(13-11-34)24(38)26(28,29)30/h2-5,14-16H,6-13H2,1H3,(H2,31,32,37,41). The highest BCUT2D eigenvalue weighted by Crippen LogP contribution is 2.33. The Balaban J connectivity index is 1.36. The van der Waals surface area contributed by atoms with Crippen molar-refractivity contribution < 1.29 is 27.7 Å². The van der Waals surface area contributed by atoms with Gasteiger partial charge in [0.1, 0.15) is 5.69 Å². The molecule has 0 aliphatic carbocycles. The zero-order valence-corrected chi connectivity index (χ0v) is 23.6. The molecule has 41 heavy (non-hydrogen) atoms. The van der Waals surface area contributed by atoms with Gasteiger partial charge in [0.2, 0.25) is 0 Å². The second-order valence-corrected chi connectivity index (χ2v) is 10.8. The summed E-state index contributed by atoms with van der Waals surface area (Å²) in [6.07, 6.45) is -3.04. The van der Waals surface area contributed by atoms with Crippen molar-refractivity contribution >= 4 is 63.5 Å². The van der Waals surface area contributed by atoms with Gasteiger partial charge in [0.25, 0.3) is 11.6 Å². The number of amides is 2. The van der Waals surface area contributed by atoms with Gasteiger partial charge in [-0.3, -0.25) is 25.0 Å². The molecule has 0 atom stereocenters. The van der Waals surface area contributed by atoms with Gasteiger partial charge in [-0.15, -0.1) is 0 Å². The highest BCUT2D eigenvalue weighted by molar-refractivity contribution is 7.80. The van der Waals surface area contributed by atoms with Crippen LogP contribution in [0.1, 0.15) is 30.1 Å². The van der Waals surface area contributed by atoms with E-state index in [-0.39, 0.29) is 47.6 Å². The molecule has 0 saturated carbocycles. The van der Waals surface area contributed by atoms with Crippen LogP contribution < -0.4 is 20.4 Å². The molecule has 2 aliphatic rings. The molecule has 10 nitrogen and oxygen atoms in total. The number of nitrogens with one attached hydrogen (secondary N) is 2. The van der Waals surface area contributed by atoms with Crippen molar-refractivity contribution in [2.45, 2.75) is 25.9 Å². The van der Waals surface area contributed by atoms with Gasteiger partial charge in [0.15, 0.2) is 5.11 Å². The minimum atomic E-state index is -4.91. The van der Waals surface area contributed by atoms with Gasteiger partial charge in [-0.2, -0.15) is 13.2 Å². The van der Waals surface area contributed by atoms with Crippen LogP contribution in [0.5, 0.6) is 0 Å². The number of piperazine rings is 1. The Morgan fingerprint density at radius 2 is 1.61 bits per heavy atom. The number of hydrogen-bond donors (Lipinski definition) is 2. The Hall–Kier alpha value is -3.65. The Kier molecular flexibility index (Phi) is 9.22. The minimum Gasteiger partial charge on any atom is -0.367 e. The Labute approximate surface area is 244 Å². The van der Waals surface area contributed by atoms with Crippen LogP contribution in [0.4, 0.5) is 35.9 Å². The highest BCUT2D eigenvalue weighted by Gasteiger charge is 2.43. The molecule has 2 aromatic rings. The number of nitrogens with zero attached hydrogens (tertiary/aromatic N) is 4. The molecule has 2 N–H and O–H groups in total. The van der Waals surface area contributed by atoms with E-state index in [9.17, 15) is 32.9 Å². The summed E-state index contributed by atoms with van der Waals surface area (Å²) in [6.45, 7) is 3.71. The Morgan fingerprint density at radius 3 is 2.20 bits per heavy atom. The minimum absolute atomic E-state index is 0.0603. The molecule has 2 fully saturated rings. The Bertz CT molecular complexity index is 1340. The summed E-state index contributed by atoms with van der Waals surface area (Å²) >= 11 is 11.6. The summed E-state index contributed by atoms with van der Waals surface area (Å²) in [6, 6.07) is 9.16. The molecule has 2 saturated heterocycles. The fourth-order valence-electron chi connectivity index (χ4n) is 4.84. The molecule has 2 heterocycles. The second-order valence-electron chi connectivity index (χ2n) is 9.98. The molecule has 15 heteroatoms. The lowest BCUT2D eigenvalue weighted by atomic mass is 9.98. The summed E-state index contributed by atoms with van der Waals surface area (Å²) in [5.41, 5.74) is 1.41. The van der Waals surface area contributed by atoms with Gasteiger partial charge in [0, 0.05) is 56.6 Å². The van der Waals surface area contributed by atoms with Crippen LogP contribution in [0.2, 0.25) is 5.02 Å². The van der Waals surface area contributed by atoms with Crippen molar-refractivity contribution in [1.82, 2.24) is 10.2 Å². The van der Waals surface area contributed by atoms with Gasteiger partial charge in [0.05, 0.1) is 15.6 Å². The summed E-state index contributed by atoms with van der Waals surface area (Å²) in [7, 11) is 0. The SMILES string of the molecule is CC1CCN(c2ccc(C(=O)NC(=S)Nc3ccc(N4CCN(C(=O)C(F)(F)F)CC4)c(Cl)c3)cc2[N+](=O)[O-])CC1. The number of thiocarbonyl (C=S) groups is 1. The van der Waals surface area contributed by atoms with Gasteiger partial charge in [-0.25, -0.2) is 0 Å². The molecule has 0 spiro atoms. The number of piperidine rings is 1. The third-order valence-corrected chi connectivity index (χ3v) is 7.65. The molecule has 0 aromatic heterocycles. The summed E-state index contributed by atoms with van der Waals surface area (Å²) < 4.78 is 38.1. The van der Waals surface area contributed by atoms with E-state index in [1.807, 2.05) is 4.90 Å². The van der Waals surface area contributed by atoms with Crippen LogP contribution in [0, 0.1) is 16.0 Å². The summed E-state index contributed by atoms with van der Waals surface area (Å²) in [5.74, 6) is -1.93. The second kappa shape index (κ2) is 12.5. The molecular formula is C26H28ClF3N6O4S. The number of hydrogen-bond acceptors (Lipinski definition) is 7. The molecule has 2 aliphatic heterocycles. The molecule has 2 aromatic carbocycles. The van der Waals surface area contributed by atoms with Crippen LogP contribution in [0.3, 0.4) is 0 Å². The third kappa shape index (κ3) is 7.36. The lowest BCUT2D eigenvalue weighted by Gasteiger charge is -2.36. The van der Waals surface area contributed by atoms with Crippen molar-refractivity contribution in [1.29, 1.82) is 0 Å². The molecule has 220 valence electrons. The number of benzene rings is 2. The molecular weight excluding hydrogens is 585 g/mol.